The highest BCUT2D eigenvalue weighted by Gasteiger charge is 2.47. The molecule has 3 fully saturated rings. The van der Waals surface area contributed by atoms with Gasteiger partial charge in [0.05, 0.1) is 0 Å². The fourth-order valence-electron chi connectivity index (χ4n) is 5.70. The summed E-state index contributed by atoms with van der Waals surface area (Å²) in [7, 11) is 0. The standard InChI is InChI=1S/C22H42N2/c1-20(2,3)19-7-11-23(12-8-19)17-18-15-22(16-18)9-13-24(14-10-22)21(4,5)6/h18-19H,7-17H2,1-6H3. The molecule has 0 bridgehead atoms. The zero-order valence-corrected chi connectivity index (χ0v) is 17.3. The summed E-state index contributed by atoms with van der Waals surface area (Å²) in [6, 6.07) is 0. The lowest BCUT2D eigenvalue weighted by atomic mass is 9.57. The van der Waals surface area contributed by atoms with E-state index in [9.17, 15) is 0 Å². The molecule has 1 saturated carbocycles. The maximum atomic E-state index is 2.78. The smallest absolute Gasteiger partial charge is 0.0125 e. The molecule has 2 aliphatic heterocycles. The molecule has 1 spiro atoms. The van der Waals surface area contributed by atoms with Crippen molar-refractivity contribution in [3.05, 3.63) is 0 Å². The maximum absolute atomic E-state index is 2.78. The molecule has 0 unspecified atom stereocenters. The van der Waals surface area contributed by atoms with Gasteiger partial charge >= 0.3 is 0 Å². The van der Waals surface area contributed by atoms with Gasteiger partial charge in [0.1, 0.15) is 0 Å². The van der Waals surface area contributed by atoms with Crippen LogP contribution in [0.4, 0.5) is 0 Å². The second-order valence-corrected chi connectivity index (χ2v) is 11.4. The van der Waals surface area contributed by atoms with Crippen LogP contribution < -0.4 is 0 Å². The van der Waals surface area contributed by atoms with Crippen molar-refractivity contribution in [1.29, 1.82) is 0 Å². The Bertz CT molecular complexity index is 401. The third kappa shape index (κ3) is 4.18. The van der Waals surface area contributed by atoms with Crippen molar-refractivity contribution in [2.45, 2.75) is 85.6 Å². The van der Waals surface area contributed by atoms with Gasteiger partial charge in [0, 0.05) is 12.1 Å². The number of likely N-dealkylation sites (tertiary alicyclic amines) is 2. The van der Waals surface area contributed by atoms with E-state index in [4.69, 9.17) is 0 Å². The molecule has 1 aliphatic carbocycles. The van der Waals surface area contributed by atoms with Crippen molar-refractivity contribution in [2.24, 2.45) is 22.7 Å². The van der Waals surface area contributed by atoms with Gasteiger partial charge < -0.3 is 4.90 Å². The van der Waals surface area contributed by atoms with Crippen molar-refractivity contribution in [3.8, 4) is 0 Å². The summed E-state index contributed by atoms with van der Waals surface area (Å²) in [5.41, 5.74) is 1.60. The predicted molar refractivity (Wildman–Crippen MR) is 104 cm³/mol. The molecule has 3 rings (SSSR count). The van der Waals surface area contributed by atoms with Crippen LogP contribution in [0.25, 0.3) is 0 Å². The molecule has 0 amide bonds. The van der Waals surface area contributed by atoms with E-state index < -0.39 is 0 Å². The van der Waals surface area contributed by atoms with Gasteiger partial charge in [-0.25, -0.2) is 0 Å². The van der Waals surface area contributed by atoms with Crippen molar-refractivity contribution in [3.63, 3.8) is 0 Å². The lowest BCUT2D eigenvalue weighted by Gasteiger charge is -2.55. The van der Waals surface area contributed by atoms with E-state index in [-0.39, 0.29) is 0 Å². The average Bonchev–Trinajstić information content (AvgIpc) is 2.45. The summed E-state index contributed by atoms with van der Waals surface area (Å²) in [6.45, 7) is 21.1. The Morgan fingerprint density at radius 2 is 1.38 bits per heavy atom. The van der Waals surface area contributed by atoms with Gasteiger partial charge in [-0.15, -0.1) is 0 Å². The van der Waals surface area contributed by atoms with Crippen molar-refractivity contribution < 1.29 is 0 Å². The first-order chi connectivity index (χ1) is 11.1. The number of hydrogen-bond donors (Lipinski definition) is 0. The Morgan fingerprint density at radius 1 is 0.833 bits per heavy atom. The van der Waals surface area contributed by atoms with Crippen LogP contribution in [0.5, 0.6) is 0 Å². The molecule has 2 saturated heterocycles. The van der Waals surface area contributed by atoms with E-state index in [2.05, 4.69) is 51.3 Å². The fourth-order valence-corrected chi connectivity index (χ4v) is 5.70. The van der Waals surface area contributed by atoms with E-state index in [0.717, 1.165) is 17.3 Å². The third-order valence-electron chi connectivity index (χ3n) is 7.54. The normalized spacial score (nSPS) is 28.2. The van der Waals surface area contributed by atoms with E-state index >= 15 is 0 Å². The van der Waals surface area contributed by atoms with Gasteiger partial charge in [0.15, 0.2) is 0 Å². The van der Waals surface area contributed by atoms with Crippen molar-refractivity contribution >= 4 is 0 Å². The summed E-state index contributed by atoms with van der Waals surface area (Å²) in [5, 5.41) is 0. The molecule has 2 heterocycles. The molecule has 3 aliphatic rings. The SMILES string of the molecule is CC(C)(C)C1CCN(CC2CC3(CCN(C(C)(C)C)CC3)C2)CC1. The first-order valence-corrected chi connectivity index (χ1v) is 10.5. The highest BCUT2D eigenvalue weighted by atomic mass is 15.2. The first kappa shape index (κ1) is 18.7. The highest BCUT2D eigenvalue weighted by Crippen LogP contribution is 2.53. The van der Waals surface area contributed by atoms with Crippen molar-refractivity contribution in [1.82, 2.24) is 9.80 Å². The Labute approximate surface area is 151 Å². The lowest BCUT2D eigenvalue weighted by Crippen LogP contribution is -2.54. The molecule has 0 radical (unpaired) electrons. The van der Waals surface area contributed by atoms with Crippen LogP contribution >= 0.6 is 0 Å². The zero-order valence-electron chi connectivity index (χ0n) is 17.3. The maximum Gasteiger partial charge on any atom is 0.0125 e. The van der Waals surface area contributed by atoms with E-state index in [0.29, 0.717) is 11.0 Å². The van der Waals surface area contributed by atoms with Gasteiger partial charge in [0.25, 0.3) is 0 Å². The Kier molecular flexibility index (Phi) is 5.13. The molecule has 0 atom stereocenters. The van der Waals surface area contributed by atoms with Gasteiger partial charge in [-0.1, -0.05) is 20.8 Å². The summed E-state index contributed by atoms with van der Waals surface area (Å²) in [6.07, 6.45) is 8.78. The molecule has 0 aromatic rings. The number of rotatable bonds is 2. The largest absolute Gasteiger partial charge is 0.303 e. The minimum absolute atomic E-state index is 0.363. The highest BCUT2D eigenvalue weighted by molar-refractivity contribution is 4.99. The molecule has 0 aromatic carbocycles. The van der Waals surface area contributed by atoms with Crippen LogP contribution in [0, 0.1) is 22.7 Å². The number of piperidine rings is 2. The number of hydrogen-bond acceptors (Lipinski definition) is 2. The average molecular weight is 335 g/mol. The second-order valence-electron chi connectivity index (χ2n) is 11.4. The van der Waals surface area contributed by atoms with Crippen LogP contribution in [0.2, 0.25) is 0 Å². The van der Waals surface area contributed by atoms with Crippen LogP contribution in [-0.2, 0) is 0 Å². The minimum atomic E-state index is 0.363. The first-order valence-electron chi connectivity index (χ1n) is 10.5. The van der Waals surface area contributed by atoms with E-state index in [1.54, 1.807) is 0 Å². The monoisotopic (exact) mass is 334 g/mol. The Balaban J connectivity index is 1.38. The van der Waals surface area contributed by atoms with Crippen LogP contribution in [0.3, 0.4) is 0 Å². The Morgan fingerprint density at radius 3 is 1.83 bits per heavy atom. The molecular formula is C22H42N2. The van der Waals surface area contributed by atoms with E-state index in [1.165, 1.54) is 71.2 Å². The summed E-state index contributed by atoms with van der Waals surface area (Å²) >= 11 is 0. The number of nitrogens with zero attached hydrogens (tertiary/aromatic N) is 2. The van der Waals surface area contributed by atoms with Crippen LogP contribution in [-0.4, -0.2) is 48.1 Å². The summed E-state index contributed by atoms with van der Waals surface area (Å²) in [4.78, 5) is 5.48. The molecule has 2 nitrogen and oxygen atoms in total. The molecule has 140 valence electrons. The van der Waals surface area contributed by atoms with Crippen LogP contribution in [0.15, 0.2) is 0 Å². The predicted octanol–water partition coefficient (Wildman–Crippen LogP) is 5.04. The van der Waals surface area contributed by atoms with Gasteiger partial charge in [-0.2, -0.15) is 0 Å². The molecular weight excluding hydrogens is 292 g/mol. The topological polar surface area (TPSA) is 6.48 Å². The third-order valence-corrected chi connectivity index (χ3v) is 7.54. The zero-order chi connectivity index (χ0) is 17.6. The van der Waals surface area contributed by atoms with Gasteiger partial charge in [0.2, 0.25) is 0 Å². The minimum Gasteiger partial charge on any atom is -0.303 e. The molecule has 24 heavy (non-hydrogen) atoms. The summed E-state index contributed by atoms with van der Waals surface area (Å²) < 4.78 is 0. The van der Waals surface area contributed by atoms with Gasteiger partial charge in [-0.05, 0) is 108 Å². The second kappa shape index (κ2) is 6.58. The molecule has 0 N–H and O–H groups in total. The van der Waals surface area contributed by atoms with Crippen molar-refractivity contribution in [2.75, 3.05) is 32.7 Å². The fraction of sp³-hybridized carbons (Fsp3) is 1.00. The summed E-state index contributed by atoms with van der Waals surface area (Å²) in [5.74, 6) is 1.93. The van der Waals surface area contributed by atoms with E-state index in [1.807, 2.05) is 0 Å². The molecule has 2 heteroatoms. The quantitative estimate of drug-likeness (QED) is 0.698. The lowest BCUT2D eigenvalue weighted by molar-refractivity contribution is -0.0484. The Hall–Kier alpha value is -0.0800. The molecule has 0 aromatic heterocycles. The van der Waals surface area contributed by atoms with Crippen LogP contribution in [0.1, 0.15) is 80.1 Å². The van der Waals surface area contributed by atoms with Gasteiger partial charge in [-0.3, -0.25) is 4.90 Å².